The Morgan fingerprint density at radius 3 is 2.50 bits per heavy atom. The number of thiazole rings is 1. The van der Waals surface area contributed by atoms with Gasteiger partial charge in [-0.25, -0.2) is 9.78 Å². The van der Waals surface area contributed by atoms with Crippen LogP contribution in [0.4, 0.5) is 5.13 Å². The van der Waals surface area contributed by atoms with E-state index in [-0.39, 0.29) is 5.91 Å². The van der Waals surface area contributed by atoms with E-state index < -0.39 is 5.97 Å². The number of amides is 1. The van der Waals surface area contributed by atoms with Crippen molar-refractivity contribution in [1.82, 2.24) is 9.88 Å². The molecule has 28 heavy (non-hydrogen) atoms. The Labute approximate surface area is 174 Å². The summed E-state index contributed by atoms with van der Waals surface area (Å²) in [5, 5.41) is 0.968. The zero-order valence-electron chi connectivity index (χ0n) is 15.2. The Morgan fingerprint density at radius 2 is 1.79 bits per heavy atom. The minimum atomic E-state index is -0.497. The number of esters is 1. The highest BCUT2D eigenvalue weighted by Gasteiger charge is 2.26. The molecule has 8 heteroatoms. The van der Waals surface area contributed by atoms with Crippen LogP contribution in [0.25, 0.3) is 10.2 Å². The monoisotopic (exact) mass is 459 g/mol. The molecule has 0 spiro atoms. The summed E-state index contributed by atoms with van der Waals surface area (Å²) in [7, 11) is 1.32. The van der Waals surface area contributed by atoms with Gasteiger partial charge in [0.1, 0.15) is 0 Å². The van der Waals surface area contributed by atoms with Gasteiger partial charge in [0.25, 0.3) is 5.91 Å². The van der Waals surface area contributed by atoms with E-state index in [9.17, 15) is 9.59 Å². The van der Waals surface area contributed by atoms with Crippen LogP contribution in [0.2, 0.25) is 0 Å². The number of aromatic nitrogens is 1. The zero-order chi connectivity index (χ0) is 19.7. The molecule has 1 fully saturated rings. The van der Waals surface area contributed by atoms with Gasteiger partial charge in [0.15, 0.2) is 5.13 Å². The third kappa shape index (κ3) is 3.62. The van der Waals surface area contributed by atoms with E-state index in [1.807, 2.05) is 12.1 Å². The average Bonchev–Trinajstić information content (AvgIpc) is 3.16. The van der Waals surface area contributed by atoms with Gasteiger partial charge in [-0.1, -0.05) is 39.4 Å². The molecule has 1 aromatic heterocycles. The van der Waals surface area contributed by atoms with Crippen LogP contribution >= 0.6 is 27.3 Å². The van der Waals surface area contributed by atoms with Gasteiger partial charge in [0.05, 0.1) is 28.5 Å². The lowest BCUT2D eigenvalue weighted by Crippen LogP contribution is -2.49. The van der Waals surface area contributed by atoms with E-state index in [0.29, 0.717) is 37.3 Å². The van der Waals surface area contributed by atoms with Crippen molar-refractivity contribution >= 4 is 54.5 Å². The molecule has 2 heterocycles. The van der Waals surface area contributed by atoms with Crippen molar-refractivity contribution in [2.24, 2.45) is 0 Å². The lowest BCUT2D eigenvalue weighted by molar-refractivity contribution is 0.0589. The van der Waals surface area contributed by atoms with Crippen LogP contribution in [-0.2, 0) is 4.74 Å². The van der Waals surface area contributed by atoms with Crippen LogP contribution in [-0.4, -0.2) is 55.0 Å². The fraction of sp³-hybridized carbons (Fsp3) is 0.250. The molecule has 1 aliphatic rings. The second-order valence-corrected chi connectivity index (χ2v) is 8.35. The van der Waals surface area contributed by atoms with Gasteiger partial charge in [-0.15, -0.1) is 0 Å². The van der Waals surface area contributed by atoms with Gasteiger partial charge in [0.2, 0.25) is 0 Å². The van der Waals surface area contributed by atoms with Crippen LogP contribution in [0.5, 0.6) is 0 Å². The minimum Gasteiger partial charge on any atom is -0.465 e. The third-order valence-electron chi connectivity index (χ3n) is 4.74. The first kappa shape index (κ1) is 18.9. The molecule has 2 aromatic carbocycles. The number of carbonyl (C=O) groups excluding carboxylic acids is 2. The van der Waals surface area contributed by atoms with E-state index in [0.717, 1.165) is 19.8 Å². The summed E-state index contributed by atoms with van der Waals surface area (Å²) in [4.78, 5) is 33.6. The largest absolute Gasteiger partial charge is 0.465 e. The number of ether oxygens (including phenoxy) is 1. The minimum absolute atomic E-state index is 0.145. The normalized spacial score (nSPS) is 14.4. The van der Waals surface area contributed by atoms with Crippen molar-refractivity contribution in [3.63, 3.8) is 0 Å². The van der Waals surface area contributed by atoms with E-state index in [1.54, 1.807) is 40.5 Å². The first-order valence-corrected chi connectivity index (χ1v) is 10.5. The predicted molar refractivity (Wildman–Crippen MR) is 113 cm³/mol. The number of fused-ring (bicyclic) bond motifs is 1. The summed E-state index contributed by atoms with van der Waals surface area (Å²) in [5.74, 6) is -0.642. The number of nitrogens with zero attached hydrogens (tertiary/aromatic N) is 3. The first-order chi connectivity index (χ1) is 13.6. The molecule has 3 aromatic rings. The van der Waals surface area contributed by atoms with Gasteiger partial charge in [-0.3, -0.25) is 4.79 Å². The van der Waals surface area contributed by atoms with E-state index in [1.165, 1.54) is 7.11 Å². The molecule has 1 amide bonds. The van der Waals surface area contributed by atoms with Gasteiger partial charge in [-0.05, 0) is 30.3 Å². The van der Waals surface area contributed by atoms with Crippen LogP contribution < -0.4 is 4.90 Å². The summed E-state index contributed by atoms with van der Waals surface area (Å²) in [6.07, 6.45) is 0. The number of hydrogen-bond acceptors (Lipinski definition) is 6. The standard InChI is InChI=1S/C20H18BrN3O3S/c1-27-19(26)15-5-3-2-4-14(15)18(25)23-8-10-24(11-9-23)20-22-16-7-6-13(21)12-17(16)28-20/h2-7,12H,8-11H2,1H3. The van der Waals surface area contributed by atoms with Crippen LogP contribution in [0, 0.1) is 0 Å². The molecule has 0 radical (unpaired) electrons. The SMILES string of the molecule is COC(=O)c1ccccc1C(=O)N1CCN(c2nc3ccc(Br)cc3s2)CC1. The van der Waals surface area contributed by atoms with Crippen molar-refractivity contribution in [2.45, 2.75) is 0 Å². The molecular weight excluding hydrogens is 442 g/mol. The molecular formula is C20H18BrN3O3S. The highest BCUT2D eigenvalue weighted by Crippen LogP contribution is 2.31. The second-order valence-electron chi connectivity index (χ2n) is 6.42. The number of methoxy groups -OCH3 is 1. The predicted octanol–water partition coefficient (Wildman–Crippen LogP) is 3.81. The maximum Gasteiger partial charge on any atom is 0.338 e. The topological polar surface area (TPSA) is 62.7 Å². The number of rotatable bonds is 3. The third-order valence-corrected chi connectivity index (χ3v) is 6.31. The number of anilines is 1. The molecule has 6 nitrogen and oxygen atoms in total. The van der Waals surface area contributed by atoms with E-state index >= 15 is 0 Å². The van der Waals surface area contributed by atoms with Crippen molar-refractivity contribution < 1.29 is 14.3 Å². The number of carbonyl (C=O) groups is 2. The smallest absolute Gasteiger partial charge is 0.338 e. The Hall–Kier alpha value is -2.45. The van der Waals surface area contributed by atoms with Crippen molar-refractivity contribution in [3.8, 4) is 0 Å². The fourth-order valence-corrected chi connectivity index (χ4v) is 4.82. The maximum absolute atomic E-state index is 12.9. The van der Waals surface area contributed by atoms with Crippen LogP contribution in [0.3, 0.4) is 0 Å². The Morgan fingerprint density at radius 1 is 1.07 bits per heavy atom. The zero-order valence-corrected chi connectivity index (χ0v) is 17.6. The molecule has 0 saturated carbocycles. The molecule has 1 saturated heterocycles. The van der Waals surface area contributed by atoms with E-state index in [4.69, 9.17) is 9.72 Å². The van der Waals surface area contributed by atoms with Crippen LogP contribution in [0.15, 0.2) is 46.9 Å². The molecule has 0 bridgehead atoms. The summed E-state index contributed by atoms with van der Waals surface area (Å²) in [6, 6.07) is 12.8. The van der Waals surface area contributed by atoms with Crippen molar-refractivity contribution in [3.05, 3.63) is 58.1 Å². The van der Waals surface area contributed by atoms with Gasteiger partial charge in [0, 0.05) is 30.7 Å². The fourth-order valence-electron chi connectivity index (χ4n) is 3.25. The van der Waals surface area contributed by atoms with E-state index in [2.05, 4.69) is 26.9 Å². The number of halogens is 1. The number of piperazine rings is 1. The lowest BCUT2D eigenvalue weighted by atomic mass is 10.1. The molecule has 1 aliphatic heterocycles. The maximum atomic E-state index is 12.9. The summed E-state index contributed by atoms with van der Waals surface area (Å²) in [6.45, 7) is 2.56. The Bertz CT molecular complexity index is 1040. The van der Waals surface area contributed by atoms with Gasteiger partial charge >= 0.3 is 5.97 Å². The summed E-state index contributed by atoms with van der Waals surface area (Å²) >= 11 is 5.15. The summed E-state index contributed by atoms with van der Waals surface area (Å²) < 4.78 is 6.97. The first-order valence-electron chi connectivity index (χ1n) is 8.84. The van der Waals surface area contributed by atoms with Crippen LogP contribution in [0.1, 0.15) is 20.7 Å². The molecule has 0 atom stereocenters. The molecule has 0 aliphatic carbocycles. The highest BCUT2D eigenvalue weighted by atomic mass is 79.9. The van der Waals surface area contributed by atoms with Gasteiger partial charge < -0.3 is 14.5 Å². The highest BCUT2D eigenvalue weighted by molar-refractivity contribution is 9.10. The number of hydrogen-bond donors (Lipinski definition) is 0. The Kier molecular flexibility index (Phi) is 5.32. The summed E-state index contributed by atoms with van der Waals surface area (Å²) in [5.41, 5.74) is 1.66. The quantitative estimate of drug-likeness (QED) is 0.557. The molecule has 0 N–H and O–H groups in total. The average molecular weight is 460 g/mol. The lowest BCUT2D eigenvalue weighted by Gasteiger charge is -2.34. The van der Waals surface area contributed by atoms with Gasteiger partial charge in [-0.2, -0.15) is 0 Å². The molecule has 4 rings (SSSR count). The van der Waals surface area contributed by atoms with Crippen molar-refractivity contribution in [2.75, 3.05) is 38.2 Å². The molecule has 0 unspecified atom stereocenters. The van der Waals surface area contributed by atoms with Crippen molar-refractivity contribution in [1.29, 1.82) is 0 Å². The Balaban J connectivity index is 1.48. The second kappa shape index (κ2) is 7.89. The molecule has 144 valence electrons. The number of benzene rings is 2.